The average Bonchev–Trinajstić information content (AvgIpc) is 2.64. The fourth-order valence-corrected chi connectivity index (χ4v) is 3.45. The second kappa shape index (κ2) is 8.45. The van der Waals surface area contributed by atoms with Crippen LogP contribution in [0.15, 0.2) is 24.3 Å². The number of morpholine rings is 1. The first kappa shape index (κ1) is 17.9. The van der Waals surface area contributed by atoms with Gasteiger partial charge < -0.3 is 19.9 Å². The first-order chi connectivity index (χ1) is 12.1. The van der Waals surface area contributed by atoms with Crippen LogP contribution in [0.3, 0.4) is 0 Å². The standard InChI is InChI=1S/C19H27N3O3/c1-21-8-6-15(7-9-21)14-18(23)20-17-5-3-2-4-16(17)19(24)22-10-12-25-13-11-22/h2-5,15H,6-14H2,1H3,(H,20,23). The molecular weight excluding hydrogens is 318 g/mol. The number of para-hydroxylation sites is 1. The summed E-state index contributed by atoms with van der Waals surface area (Å²) >= 11 is 0. The molecule has 1 aromatic rings. The zero-order valence-electron chi connectivity index (χ0n) is 14.9. The molecular formula is C19H27N3O3. The summed E-state index contributed by atoms with van der Waals surface area (Å²) in [6.45, 7) is 4.41. The smallest absolute Gasteiger partial charge is 0.256 e. The summed E-state index contributed by atoms with van der Waals surface area (Å²) in [7, 11) is 2.11. The van der Waals surface area contributed by atoms with Gasteiger partial charge >= 0.3 is 0 Å². The first-order valence-corrected chi connectivity index (χ1v) is 9.08. The van der Waals surface area contributed by atoms with Crippen LogP contribution < -0.4 is 5.32 Å². The number of anilines is 1. The van der Waals surface area contributed by atoms with E-state index in [9.17, 15) is 9.59 Å². The Balaban J connectivity index is 1.62. The van der Waals surface area contributed by atoms with Gasteiger partial charge in [-0.3, -0.25) is 9.59 Å². The molecule has 0 radical (unpaired) electrons. The van der Waals surface area contributed by atoms with Gasteiger partial charge in [-0.15, -0.1) is 0 Å². The van der Waals surface area contributed by atoms with E-state index in [4.69, 9.17) is 4.74 Å². The van der Waals surface area contributed by atoms with E-state index in [1.165, 1.54) is 0 Å². The zero-order chi connectivity index (χ0) is 17.6. The van der Waals surface area contributed by atoms with Crippen LogP contribution in [-0.4, -0.2) is 68.1 Å². The van der Waals surface area contributed by atoms with Gasteiger partial charge in [0, 0.05) is 19.5 Å². The maximum absolute atomic E-state index is 12.7. The molecule has 6 nitrogen and oxygen atoms in total. The number of hydrogen-bond donors (Lipinski definition) is 1. The van der Waals surface area contributed by atoms with Crippen LogP contribution in [-0.2, 0) is 9.53 Å². The SMILES string of the molecule is CN1CCC(CC(=O)Nc2ccccc2C(=O)N2CCOCC2)CC1. The van der Waals surface area contributed by atoms with Gasteiger partial charge in [0.05, 0.1) is 24.5 Å². The molecule has 1 N–H and O–H groups in total. The molecule has 25 heavy (non-hydrogen) atoms. The predicted molar refractivity (Wildman–Crippen MR) is 96.6 cm³/mol. The molecule has 3 rings (SSSR count). The molecule has 2 aliphatic rings. The van der Waals surface area contributed by atoms with Gasteiger partial charge in [0.15, 0.2) is 0 Å². The van der Waals surface area contributed by atoms with E-state index in [-0.39, 0.29) is 11.8 Å². The van der Waals surface area contributed by atoms with Crippen molar-refractivity contribution < 1.29 is 14.3 Å². The fraction of sp³-hybridized carbons (Fsp3) is 0.579. The van der Waals surface area contributed by atoms with E-state index in [1.54, 1.807) is 17.0 Å². The summed E-state index contributed by atoms with van der Waals surface area (Å²) in [5, 5.41) is 2.96. The number of carbonyl (C=O) groups excluding carboxylic acids is 2. The zero-order valence-corrected chi connectivity index (χ0v) is 14.9. The third kappa shape index (κ3) is 4.80. The maximum atomic E-state index is 12.7. The van der Waals surface area contributed by atoms with E-state index in [1.807, 2.05) is 12.1 Å². The van der Waals surface area contributed by atoms with Gasteiger partial charge in [-0.2, -0.15) is 0 Å². The first-order valence-electron chi connectivity index (χ1n) is 9.08. The van der Waals surface area contributed by atoms with Crippen LogP contribution in [0.1, 0.15) is 29.6 Å². The van der Waals surface area contributed by atoms with E-state index >= 15 is 0 Å². The number of amides is 2. The second-order valence-corrected chi connectivity index (χ2v) is 6.95. The van der Waals surface area contributed by atoms with Crippen LogP contribution in [0.2, 0.25) is 0 Å². The van der Waals surface area contributed by atoms with E-state index in [2.05, 4.69) is 17.3 Å². The Labute approximate surface area is 149 Å². The molecule has 2 heterocycles. The largest absolute Gasteiger partial charge is 0.378 e. The van der Waals surface area contributed by atoms with Crippen LogP contribution >= 0.6 is 0 Å². The van der Waals surface area contributed by atoms with Gasteiger partial charge in [-0.05, 0) is 51.0 Å². The average molecular weight is 345 g/mol. The summed E-state index contributed by atoms with van der Waals surface area (Å²) in [5.41, 5.74) is 1.16. The van der Waals surface area contributed by atoms with Crippen molar-refractivity contribution in [3.63, 3.8) is 0 Å². The maximum Gasteiger partial charge on any atom is 0.256 e. The predicted octanol–water partition coefficient (Wildman–Crippen LogP) is 1.83. The third-order valence-corrected chi connectivity index (χ3v) is 5.04. The highest BCUT2D eigenvalue weighted by molar-refractivity contribution is 6.03. The molecule has 1 aromatic carbocycles. The van der Waals surface area contributed by atoms with Crippen LogP contribution in [0.25, 0.3) is 0 Å². The molecule has 0 saturated carbocycles. The highest BCUT2D eigenvalue weighted by Crippen LogP contribution is 2.22. The van der Waals surface area contributed by atoms with Gasteiger partial charge in [0.2, 0.25) is 5.91 Å². The topological polar surface area (TPSA) is 61.9 Å². The van der Waals surface area contributed by atoms with Crippen molar-refractivity contribution in [1.82, 2.24) is 9.80 Å². The number of benzene rings is 1. The molecule has 2 fully saturated rings. The lowest BCUT2D eigenvalue weighted by Gasteiger charge is -2.29. The Morgan fingerprint density at radius 3 is 2.52 bits per heavy atom. The minimum Gasteiger partial charge on any atom is -0.378 e. The molecule has 0 unspecified atom stereocenters. The molecule has 2 saturated heterocycles. The quantitative estimate of drug-likeness (QED) is 0.904. The number of ether oxygens (including phenoxy) is 1. The molecule has 2 amide bonds. The molecule has 136 valence electrons. The van der Waals surface area contributed by atoms with E-state index < -0.39 is 0 Å². The van der Waals surface area contributed by atoms with Crippen molar-refractivity contribution in [3.05, 3.63) is 29.8 Å². The molecule has 0 bridgehead atoms. The van der Waals surface area contributed by atoms with E-state index in [0.717, 1.165) is 25.9 Å². The summed E-state index contributed by atoms with van der Waals surface area (Å²) in [6.07, 6.45) is 2.63. The number of nitrogens with one attached hydrogen (secondary N) is 1. The van der Waals surface area contributed by atoms with Gasteiger partial charge in [0.1, 0.15) is 0 Å². The van der Waals surface area contributed by atoms with Crippen LogP contribution in [0.5, 0.6) is 0 Å². The van der Waals surface area contributed by atoms with Crippen molar-refractivity contribution in [2.75, 3.05) is 51.8 Å². The second-order valence-electron chi connectivity index (χ2n) is 6.95. The minimum absolute atomic E-state index is 0.00298. The normalized spacial score (nSPS) is 19.6. The van der Waals surface area contributed by atoms with Gasteiger partial charge in [-0.1, -0.05) is 12.1 Å². The minimum atomic E-state index is -0.0431. The Morgan fingerprint density at radius 2 is 1.80 bits per heavy atom. The van der Waals surface area contributed by atoms with E-state index in [0.29, 0.717) is 49.9 Å². The lowest BCUT2D eigenvalue weighted by atomic mass is 9.93. The highest BCUT2D eigenvalue weighted by atomic mass is 16.5. The lowest BCUT2D eigenvalue weighted by molar-refractivity contribution is -0.117. The number of rotatable bonds is 4. The van der Waals surface area contributed by atoms with Crippen molar-refractivity contribution in [1.29, 1.82) is 0 Å². The van der Waals surface area contributed by atoms with Gasteiger partial charge in [0.25, 0.3) is 5.91 Å². The number of hydrogen-bond acceptors (Lipinski definition) is 4. The number of nitrogens with zero attached hydrogens (tertiary/aromatic N) is 2. The molecule has 0 atom stereocenters. The molecule has 0 aromatic heterocycles. The fourth-order valence-electron chi connectivity index (χ4n) is 3.45. The molecule has 6 heteroatoms. The number of piperidine rings is 1. The molecule has 0 spiro atoms. The Kier molecular flexibility index (Phi) is 6.04. The van der Waals surface area contributed by atoms with Crippen molar-refractivity contribution in [2.45, 2.75) is 19.3 Å². The number of likely N-dealkylation sites (tertiary alicyclic amines) is 1. The summed E-state index contributed by atoms with van der Waals surface area (Å²) < 4.78 is 5.31. The van der Waals surface area contributed by atoms with Crippen LogP contribution in [0, 0.1) is 5.92 Å². The number of carbonyl (C=O) groups is 2. The van der Waals surface area contributed by atoms with Crippen molar-refractivity contribution in [3.8, 4) is 0 Å². The summed E-state index contributed by atoms with van der Waals surface area (Å²) in [6, 6.07) is 7.27. The van der Waals surface area contributed by atoms with Crippen molar-refractivity contribution in [2.24, 2.45) is 5.92 Å². The Bertz CT molecular complexity index is 606. The lowest BCUT2D eigenvalue weighted by Crippen LogP contribution is -2.41. The van der Waals surface area contributed by atoms with Crippen molar-refractivity contribution >= 4 is 17.5 Å². The summed E-state index contributed by atoms with van der Waals surface area (Å²) in [4.78, 5) is 29.3. The molecule has 0 aliphatic carbocycles. The van der Waals surface area contributed by atoms with Gasteiger partial charge in [-0.25, -0.2) is 0 Å². The Morgan fingerprint density at radius 1 is 1.12 bits per heavy atom. The Hall–Kier alpha value is -1.92. The summed E-state index contributed by atoms with van der Waals surface area (Å²) in [5.74, 6) is 0.383. The molecule has 2 aliphatic heterocycles. The monoisotopic (exact) mass is 345 g/mol. The highest BCUT2D eigenvalue weighted by Gasteiger charge is 2.23. The van der Waals surface area contributed by atoms with Crippen LogP contribution in [0.4, 0.5) is 5.69 Å². The third-order valence-electron chi connectivity index (χ3n) is 5.04.